The van der Waals surface area contributed by atoms with Crippen molar-refractivity contribution in [3.05, 3.63) is 60.2 Å². The minimum atomic E-state index is -3.71. The van der Waals surface area contributed by atoms with Gasteiger partial charge in [-0.1, -0.05) is 43.3 Å². The lowest BCUT2D eigenvalue weighted by Gasteiger charge is -2.22. The van der Waals surface area contributed by atoms with Crippen LogP contribution in [0.2, 0.25) is 0 Å². The van der Waals surface area contributed by atoms with Gasteiger partial charge in [0.1, 0.15) is 5.75 Å². The first-order valence-corrected chi connectivity index (χ1v) is 9.81. The van der Waals surface area contributed by atoms with Crippen molar-refractivity contribution in [2.75, 3.05) is 20.2 Å². The Balaban J connectivity index is 2.10. The van der Waals surface area contributed by atoms with Crippen LogP contribution in [0.5, 0.6) is 5.75 Å². The Morgan fingerprint density at radius 2 is 1.73 bits per heavy atom. The predicted molar refractivity (Wildman–Crippen MR) is 100 cm³/mol. The van der Waals surface area contributed by atoms with Gasteiger partial charge in [-0.3, -0.25) is 4.79 Å². The standard InChI is InChI=1S/C19H24N2O4S/c1-4-21(26(23,24)16-10-6-5-7-11-16)14-19(22)20-15(2)17-12-8-9-13-18(17)25-3/h5-13,15H,4,14H2,1-3H3,(H,20,22)/t15-/m1/s1. The van der Waals surface area contributed by atoms with Crippen LogP contribution in [0, 0.1) is 0 Å². The van der Waals surface area contributed by atoms with E-state index in [9.17, 15) is 13.2 Å². The van der Waals surface area contributed by atoms with Crippen LogP contribution in [0.1, 0.15) is 25.5 Å². The third-order valence-corrected chi connectivity index (χ3v) is 5.97. The van der Waals surface area contributed by atoms with Crippen LogP contribution >= 0.6 is 0 Å². The summed E-state index contributed by atoms with van der Waals surface area (Å²) < 4.78 is 31.8. The van der Waals surface area contributed by atoms with E-state index in [-0.39, 0.29) is 29.9 Å². The van der Waals surface area contributed by atoms with Gasteiger partial charge < -0.3 is 10.1 Å². The Kier molecular flexibility index (Phi) is 6.76. The van der Waals surface area contributed by atoms with E-state index in [0.717, 1.165) is 9.87 Å². The molecule has 0 fully saturated rings. The zero-order valence-electron chi connectivity index (χ0n) is 15.2. The first-order valence-electron chi connectivity index (χ1n) is 8.37. The second-order valence-electron chi connectivity index (χ2n) is 5.78. The van der Waals surface area contributed by atoms with Gasteiger partial charge in [-0.2, -0.15) is 4.31 Å². The number of carbonyl (C=O) groups excluding carboxylic acids is 1. The molecule has 140 valence electrons. The highest BCUT2D eigenvalue weighted by Crippen LogP contribution is 2.24. The van der Waals surface area contributed by atoms with Crippen LogP contribution in [0.15, 0.2) is 59.5 Å². The van der Waals surface area contributed by atoms with Crippen LogP contribution < -0.4 is 10.1 Å². The molecule has 0 saturated heterocycles. The zero-order valence-corrected chi connectivity index (χ0v) is 16.0. The van der Waals surface area contributed by atoms with Crippen molar-refractivity contribution in [3.63, 3.8) is 0 Å². The molecule has 7 heteroatoms. The van der Waals surface area contributed by atoms with Crippen LogP contribution in [-0.2, 0) is 14.8 Å². The van der Waals surface area contributed by atoms with E-state index in [1.54, 1.807) is 32.2 Å². The molecule has 0 aliphatic rings. The quantitative estimate of drug-likeness (QED) is 0.768. The van der Waals surface area contributed by atoms with E-state index in [1.165, 1.54) is 12.1 Å². The number of para-hydroxylation sites is 1. The fourth-order valence-electron chi connectivity index (χ4n) is 2.66. The van der Waals surface area contributed by atoms with Gasteiger partial charge in [0, 0.05) is 12.1 Å². The Morgan fingerprint density at radius 3 is 2.35 bits per heavy atom. The van der Waals surface area contributed by atoms with Crippen LogP contribution in [-0.4, -0.2) is 38.8 Å². The second-order valence-corrected chi connectivity index (χ2v) is 7.71. The van der Waals surface area contributed by atoms with Gasteiger partial charge in [0.15, 0.2) is 0 Å². The van der Waals surface area contributed by atoms with E-state index in [2.05, 4.69) is 5.32 Å². The van der Waals surface area contributed by atoms with Crippen molar-refractivity contribution in [1.82, 2.24) is 9.62 Å². The lowest BCUT2D eigenvalue weighted by atomic mass is 10.1. The maximum Gasteiger partial charge on any atom is 0.243 e. The molecule has 1 amide bonds. The summed E-state index contributed by atoms with van der Waals surface area (Å²) in [4.78, 5) is 12.6. The fourth-order valence-corrected chi connectivity index (χ4v) is 4.08. The molecule has 0 unspecified atom stereocenters. The van der Waals surface area contributed by atoms with Gasteiger partial charge in [0.2, 0.25) is 15.9 Å². The van der Waals surface area contributed by atoms with E-state index in [0.29, 0.717) is 5.75 Å². The molecule has 0 saturated carbocycles. The number of carbonyl (C=O) groups is 1. The van der Waals surface area contributed by atoms with Crippen molar-refractivity contribution in [2.24, 2.45) is 0 Å². The van der Waals surface area contributed by atoms with Crippen molar-refractivity contribution < 1.29 is 17.9 Å². The number of nitrogens with one attached hydrogen (secondary N) is 1. The molecular formula is C19H24N2O4S. The average Bonchev–Trinajstić information content (AvgIpc) is 2.66. The van der Waals surface area contributed by atoms with E-state index < -0.39 is 10.0 Å². The van der Waals surface area contributed by atoms with Gasteiger partial charge in [0.05, 0.1) is 24.6 Å². The lowest BCUT2D eigenvalue weighted by Crippen LogP contribution is -2.41. The number of nitrogens with zero attached hydrogens (tertiary/aromatic N) is 1. The molecule has 0 radical (unpaired) electrons. The zero-order chi connectivity index (χ0) is 19.2. The van der Waals surface area contributed by atoms with Gasteiger partial charge in [-0.15, -0.1) is 0 Å². The van der Waals surface area contributed by atoms with Crippen molar-refractivity contribution in [3.8, 4) is 5.75 Å². The molecule has 0 aromatic heterocycles. The molecule has 0 heterocycles. The van der Waals surface area contributed by atoms with Crippen molar-refractivity contribution in [1.29, 1.82) is 0 Å². The molecule has 0 aliphatic carbocycles. The number of ether oxygens (including phenoxy) is 1. The SMILES string of the molecule is CCN(CC(=O)N[C@H](C)c1ccccc1OC)S(=O)(=O)c1ccccc1. The van der Waals surface area contributed by atoms with Gasteiger partial charge in [0.25, 0.3) is 0 Å². The summed E-state index contributed by atoms with van der Waals surface area (Å²) in [5, 5.41) is 2.83. The summed E-state index contributed by atoms with van der Waals surface area (Å²) in [6.07, 6.45) is 0. The van der Waals surface area contributed by atoms with Crippen LogP contribution in [0.25, 0.3) is 0 Å². The molecular weight excluding hydrogens is 352 g/mol. The van der Waals surface area contributed by atoms with E-state index in [4.69, 9.17) is 4.74 Å². The van der Waals surface area contributed by atoms with E-state index >= 15 is 0 Å². The molecule has 1 atom stereocenters. The minimum absolute atomic E-state index is 0.174. The van der Waals surface area contributed by atoms with Crippen molar-refractivity contribution in [2.45, 2.75) is 24.8 Å². The lowest BCUT2D eigenvalue weighted by molar-refractivity contribution is -0.121. The Hall–Kier alpha value is -2.38. The monoisotopic (exact) mass is 376 g/mol. The molecule has 2 aromatic rings. The number of likely N-dealkylation sites (N-methyl/N-ethyl adjacent to an activating group) is 1. The van der Waals surface area contributed by atoms with Crippen molar-refractivity contribution >= 4 is 15.9 Å². The number of sulfonamides is 1. The summed E-state index contributed by atoms with van der Waals surface area (Å²) >= 11 is 0. The third-order valence-electron chi connectivity index (χ3n) is 4.04. The molecule has 6 nitrogen and oxygen atoms in total. The summed E-state index contributed by atoms with van der Waals surface area (Å²) in [5.74, 6) is 0.300. The topological polar surface area (TPSA) is 75.7 Å². The maximum atomic E-state index is 12.7. The van der Waals surface area contributed by atoms with Gasteiger partial charge in [-0.05, 0) is 25.1 Å². The van der Waals surface area contributed by atoms with Gasteiger partial charge >= 0.3 is 0 Å². The summed E-state index contributed by atoms with van der Waals surface area (Å²) in [5.41, 5.74) is 0.831. The second kappa shape index (κ2) is 8.82. The molecule has 0 aliphatic heterocycles. The van der Waals surface area contributed by atoms with E-state index in [1.807, 2.05) is 31.2 Å². The molecule has 2 rings (SSSR count). The number of rotatable bonds is 8. The molecule has 2 aromatic carbocycles. The Morgan fingerprint density at radius 1 is 1.12 bits per heavy atom. The third kappa shape index (κ3) is 4.62. The molecule has 1 N–H and O–H groups in total. The highest BCUT2D eigenvalue weighted by Gasteiger charge is 2.25. The Bertz CT molecular complexity index is 838. The van der Waals surface area contributed by atoms with Crippen LogP contribution in [0.4, 0.5) is 0 Å². The summed E-state index contributed by atoms with van der Waals surface area (Å²) in [6.45, 7) is 3.50. The summed E-state index contributed by atoms with van der Waals surface area (Å²) in [7, 11) is -2.14. The minimum Gasteiger partial charge on any atom is -0.496 e. The normalized spacial score (nSPS) is 12.6. The number of benzene rings is 2. The van der Waals surface area contributed by atoms with Crippen LogP contribution in [0.3, 0.4) is 0 Å². The average molecular weight is 376 g/mol. The molecule has 26 heavy (non-hydrogen) atoms. The maximum absolute atomic E-state index is 12.7. The summed E-state index contributed by atoms with van der Waals surface area (Å²) in [6, 6.07) is 15.2. The number of amides is 1. The Labute approximate surface area is 154 Å². The highest BCUT2D eigenvalue weighted by molar-refractivity contribution is 7.89. The fraction of sp³-hybridized carbons (Fsp3) is 0.316. The molecule has 0 spiro atoms. The largest absolute Gasteiger partial charge is 0.496 e. The smallest absolute Gasteiger partial charge is 0.243 e. The first kappa shape index (κ1) is 19.9. The first-order chi connectivity index (χ1) is 12.4. The number of hydrogen-bond acceptors (Lipinski definition) is 4. The number of methoxy groups -OCH3 is 1. The predicted octanol–water partition coefficient (Wildman–Crippen LogP) is 2.58. The highest BCUT2D eigenvalue weighted by atomic mass is 32.2. The number of hydrogen-bond donors (Lipinski definition) is 1. The van der Waals surface area contributed by atoms with Gasteiger partial charge in [-0.25, -0.2) is 8.42 Å². The molecule has 0 bridgehead atoms.